The van der Waals surface area contributed by atoms with Gasteiger partial charge in [0.2, 0.25) is 0 Å². The number of esters is 5. The Morgan fingerprint density at radius 1 is 0.698 bits per heavy atom. The molecular formula is C69H101NO16. The van der Waals surface area contributed by atoms with Gasteiger partial charge >= 0.3 is 35.9 Å². The van der Waals surface area contributed by atoms with E-state index in [1.165, 1.54) is 77.3 Å². The van der Waals surface area contributed by atoms with Crippen LogP contribution in [0.5, 0.6) is 0 Å². The molecule has 1 amide bonds. The van der Waals surface area contributed by atoms with Crippen LogP contribution in [0.4, 0.5) is 4.79 Å². The second-order valence-corrected chi connectivity index (χ2v) is 26.4. The molecule has 0 aromatic heterocycles. The third kappa shape index (κ3) is 16.9. The van der Waals surface area contributed by atoms with Crippen molar-refractivity contribution in [2.75, 3.05) is 6.61 Å². The van der Waals surface area contributed by atoms with Crippen molar-refractivity contribution >= 4 is 41.7 Å². The van der Waals surface area contributed by atoms with Crippen molar-refractivity contribution in [3.63, 3.8) is 0 Å². The van der Waals surface area contributed by atoms with Gasteiger partial charge in [0.1, 0.15) is 35.6 Å². The number of carbonyl (C=O) groups is 7. The minimum atomic E-state index is -2.46. The Bertz CT molecular complexity index is 2610. The number of benzene rings is 2. The molecule has 2 aromatic rings. The fraction of sp³-hybridized carbons (Fsp3) is 0.696. The molecule has 3 aliphatic carbocycles. The zero-order valence-electron chi connectivity index (χ0n) is 53.2. The standard InChI is InChI=1S/C69H101NO16/c1-11-13-15-17-19-21-23-25-27-35-41-53(72)82-51-43-52-68(45-80-52,85-47(4)71)59-61(84-62(76)49-39-33-30-34-40-49)69(79)44-50(81-63(77)57(74)56(48-37-31-29-32-38-48)70-64(78)86-65(5,6)7)46(3)55(66(69,8)9)58(60(75)67(51,59)10)83-54(73)42-36-28-26-24-22-20-18-16-14-12-2/h29-34,37-40,50-52,56-59,61,74,79H,11-28,35-36,41-45H2,1-10H3,(H,70,78)/t50-,51-,52+,56-,57+,58+,59-,61-,67+,68-,69+/m0/s1. The maximum Gasteiger partial charge on any atom is 0.408 e. The van der Waals surface area contributed by atoms with E-state index in [2.05, 4.69) is 19.2 Å². The molecule has 1 aliphatic heterocycles. The van der Waals surface area contributed by atoms with E-state index in [0.29, 0.717) is 18.4 Å². The maximum atomic E-state index is 16.8. The molecule has 0 radical (unpaired) electrons. The summed E-state index contributed by atoms with van der Waals surface area (Å²) in [6.07, 6.45) is 8.87. The SMILES string of the molecule is CCCCCCCCCCCCC(=O)O[C@H]1C(=O)[C@]2(C)[C@@H](OC(=O)CCCCCCCCCCCC)C[C@H]3OC[C@@]3(OC(C)=O)[C@H]2[C@H](OC(=O)c2ccccc2)[C@]2(O)C[C@H](OC(=O)[C@H](O)[C@@H](NC(=O)OC(C)(C)C)c3ccccc3)C(C)=C1C2(C)C. The van der Waals surface area contributed by atoms with Crippen molar-refractivity contribution in [2.45, 2.75) is 283 Å². The van der Waals surface area contributed by atoms with E-state index < -0.39 is 124 Å². The number of carbonyl (C=O) groups excluding carboxylic acids is 7. The van der Waals surface area contributed by atoms with Gasteiger partial charge in [-0.2, -0.15) is 0 Å². The van der Waals surface area contributed by atoms with Crippen LogP contribution in [0.1, 0.15) is 245 Å². The van der Waals surface area contributed by atoms with E-state index in [1.54, 1.807) is 90.1 Å². The van der Waals surface area contributed by atoms with Crippen LogP contribution < -0.4 is 5.32 Å². The molecule has 478 valence electrons. The lowest BCUT2D eigenvalue weighted by Gasteiger charge is -2.67. The maximum absolute atomic E-state index is 16.8. The van der Waals surface area contributed by atoms with Gasteiger partial charge in [0.05, 0.1) is 29.5 Å². The number of fused-ring (bicyclic) bond motifs is 5. The summed E-state index contributed by atoms with van der Waals surface area (Å²) in [6, 6.07) is 14.8. The van der Waals surface area contributed by atoms with Crippen molar-refractivity contribution in [1.82, 2.24) is 5.32 Å². The fourth-order valence-corrected chi connectivity index (χ4v) is 13.7. The van der Waals surface area contributed by atoms with Gasteiger partial charge in [-0.25, -0.2) is 14.4 Å². The Labute approximate surface area is 511 Å². The summed E-state index contributed by atoms with van der Waals surface area (Å²) in [7, 11) is 0. The predicted molar refractivity (Wildman–Crippen MR) is 324 cm³/mol. The summed E-state index contributed by atoms with van der Waals surface area (Å²) in [5.41, 5.74) is -8.47. The Morgan fingerprint density at radius 3 is 1.69 bits per heavy atom. The highest BCUT2D eigenvalue weighted by molar-refractivity contribution is 5.96. The molecule has 0 spiro atoms. The third-order valence-corrected chi connectivity index (χ3v) is 18.5. The van der Waals surface area contributed by atoms with Crippen LogP contribution in [0, 0.1) is 16.7 Å². The van der Waals surface area contributed by atoms with Crippen LogP contribution in [0.25, 0.3) is 0 Å². The number of hydrogen-bond acceptors (Lipinski definition) is 16. The Morgan fingerprint density at radius 2 is 1.20 bits per heavy atom. The van der Waals surface area contributed by atoms with Crippen molar-refractivity contribution < 1.29 is 76.9 Å². The van der Waals surface area contributed by atoms with Gasteiger partial charge in [0.15, 0.2) is 23.6 Å². The molecule has 0 unspecified atom stereocenters. The zero-order chi connectivity index (χ0) is 62.9. The molecule has 2 bridgehead atoms. The molecule has 86 heavy (non-hydrogen) atoms. The second kappa shape index (κ2) is 31.5. The lowest BCUT2D eigenvalue weighted by Crippen LogP contribution is -2.82. The molecule has 3 N–H and O–H groups in total. The monoisotopic (exact) mass is 1200 g/mol. The van der Waals surface area contributed by atoms with Gasteiger partial charge in [-0.3, -0.25) is 19.2 Å². The molecule has 3 fully saturated rings. The fourth-order valence-electron chi connectivity index (χ4n) is 13.7. The third-order valence-electron chi connectivity index (χ3n) is 18.5. The van der Waals surface area contributed by atoms with Crippen LogP contribution in [-0.2, 0) is 57.1 Å². The van der Waals surface area contributed by atoms with E-state index in [9.17, 15) is 39.0 Å². The number of ketones is 1. The number of rotatable bonds is 32. The van der Waals surface area contributed by atoms with Crippen LogP contribution >= 0.6 is 0 Å². The summed E-state index contributed by atoms with van der Waals surface area (Å²) in [5, 5.41) is 29.0. The lowest BCUT2D eigenvalue weighted by atomic mass is 9.44. The van der Waals surface area contributed by atoms with Crippen LogP contribution in [-0.4, -0.2) is 112 Å². The number of unbranched alkanes of at least 4 members (excludes halogenated alkanes) is 18. The van der Waals surface area contributed by atoms with Gasteiger partial charge in [-0.15, -0.1) is 0 Å². The van der Waals surface area contributed by atoms with Crippen molar-refractivity contribution in [1.29, 1.82) is 0 Å². The lowest BCUT2D eigenvalue weighted by molar-refractivity contribution is -0.346. The highest BCUT2D eigenvalue weighted by atomic mass is 16.6. The largest absolute Gasteiger partial charge is 0.461 e. The molecule has 11 atom stereocenters. The number of ether oxygens (including phenoxy) is 7. The molecule has 2 aromatic carbocycles. The molecule has 2 saturated carbocycles. The Balaban J connectivity index is 1.47. The Hall–Kier alpha value is -5.65. The molecule has 17 heteroatoms. The summed E-state index contributed by atoms with van der Waals surface area (Å²) in [5.74, 6) is -6.69. The number of hydrogen-bond donors (Lipinski definition) is 3. The van der Waals surface area contributed by atoms with E-state index in [1.807, 2.05) is 0 Å². The summed E-state index contributed by atoms with van der Waals surface area (Å²) in [6.45, 7) is 16.6. The van der Waals surface area contributed by atoms with Crippen LogP contribution in [0.3, 0.4) is 0 Å². The molecule has 1 saturated heterocycles. The number of alkyl carbamates (subject to hydrolysis) is 1. The summed E-state index contributed by atoms with van der Waals surface area (Å²) in [4.78, 5) is 102. The van der Waals surface area contributed by atoms with Crippen molar-refractivity contribution in [3.8, 4) is 0 Å². The van der Waals surface area contributed by atoms with Gasteiger partial charge in [-0.05, 0) is 76.3 Å². The smallest absolute Gasteiger partial charge is 0.408 e. The molecule has 6 rings (SSSR count). The van der Waals surface area contributed by atoms with Gasteiger partial charge in [0, 0.05) is 38.0 Å². The predicted octanol–water partition coefficient (Wildman–Crippen LogP) is 13.0. The average Bonchev–Trinajstić information content (AvgIpc) is 0.676. The normalized spacial score (nSPS) is 26.4. The molecule has 17 nitrogen and oxygen atoms in total. The highest BCUT2D eigenvalue weighted by Crippen LogP contribution is 2.65. The first-order chi connectivity index (χ1) is 40.9. The number of nitrogens with one attached hydrogen (secondary N) is 1. The highest BCUT2D eigenvalue weighted by Gasteiger charge is 2.79. The summed E-state index contributed by atoms with van der Waals surface area (Å²) < 4.78 is 44.2. The van der Waals surface area contributed by atoms with Crippen LogP contribution in [0.2, 0.25) is 0 Å². The number of aliphatic hydroxyl groups excluding tert-OH is 1. The molecule has 4 aliphatic rings. The van der Waals surface area contributed by atoms with Crippen LogP contribution in [0.15, 0.2) is 71.8 Å². The quantitative estimate of drug-likeness (QED) is 0.0267. The van der Waals surface area contributed by atoms with E-state index in [-0.39, 0.29) is 42.6 Å². The van der Waals surface area contributed by atoms with Gasteiger partial charge < -0.3 is 48.7 Å². The van der Waals surface area contributed by atoms with E-state index in [4.69, 9.17) is 33.2 Å². The average molecular weight is 1200 g/mol. The first kappa shape index (κ1) is 69.5. The van der Waals surface area contributed by atoms with Gasteiger partial charge in [0.25, 0.3) is 0 Å². The first-order valence-electron chi connectivity index (χ1n) is 32.2. The molecular weight excluding hydrogens is 1100 g/mol. The number of aliphatic hydroxyl groups is 2. The first-order valence-corrected chi connectivity index (χ1v) is 32.2. The van der Waals surface area contributed by atoms with E-state index in [0.717, 1.165) is 64.2 Å². The minimum Gasteiger partial charge on any atom is -0.461 e. The van der Waals surface area contributed by atoms with Crippen molar-refractivity contribution in [3.05, 3.63) is 82.9 Å². The topological polar surface area (TPSA) is 237 Å². The number of Topliss-reactive ketones (excluding diaryl/α,β-unsaturated/α-hetero) is 1. The van der Waals surface area contributed by atoms with Gasteiger partial charge in [-0.1, -0.05) is 192 Å². The molecule has 1 heterocycles. The second-order valence-electron chi connectivity index (χ2n) is 26.4. The zero-order valence-corrected chi connectivity index (χ0v) is 53.2. The van der Waals surface area contributed by atoms with E-state index >= 15 is 4.79 Å². The van der Waals surface area contributed by atoms with Crippen molar-refractivity contribution in [2.24, 2.45) is 16.7 Å². The summed E-state index contributed by atoms with van der Waals surface area (Å²) >= 11 is 0. The Kier molecular flexibility index (Phi) is 25.4. The minimum absolute atomic E-state index is 0.0186. The number of amides is 1.